The smallest absolute Gasteiger partial charge is 0.307 e. The largest absolute Gasteiger partial charge is 0.481 e. The van der Waals surface area contributed by atoms with E-state index in [1.807, 2.05) is 0 Å². The van der Waals surface area contributed by atoms with E-state index < -0.39 is 5.97 Å². The van der Waals surface area contributed by atoms with Crippen LogP contribution in [0, 0.1) is 5.92 Å². The lowest BCUT2D eigenvalue weighted by Gasteiger charge is -2.01. The molecule has 80 valence electrons. The number of carbonyl (C=O) groups is 1. The summed E-state index contributed by atoms with van der Waals surface area (Å²) in [5.41, 5.74) is 1.17. The van der Waals surface area contributed by atoms with Gasteiger partial charge in [-0.3, -0.25) is 4.79 Å². The molecule has 2 rings (SSSR count). The third-order valence-electron chi connectivity index (χ3n) is 2.73. The highest BCUT2D eigenvalue weighted by molar-refractivity contribution is 7.99. The van der Waals surface area contributed by atoms with Gasteiger partial charge in [0.2, 0.25) is 0 Å². The number of thioether (sulfide) groups is 1. The predicted octanol–water partition coefficient (Wildman–Crippen LogP) is 2.99. The number of carboxylic acid groups (broad SMARTS) is 1. The molecule has 0 heterocycles. The van der Waals surface area contributed by atoms with Gasteiger partial charge in [-0.15, -0.1) is 11.8 Å². The summed E-state index contributed by atoms with van der Waals surface area (Å²) in [5, 5.41) is 8.82. The molecule has 1 N–H and O–H groups in total. The first kappa shape index (κ1) is 10.6. The number of hydrogen-bond donors (Lipinski definition) is 1. The summed E-state index contributed by atoms with van der Waals surface area (Å²) in [4.78, 5) is 12.0. The zero-order chi connectivity index (χ0) is 10.8. The highest BCUT2D eigenvalue weighted by Crippen LogP contribution is 2.47. The molecule has 0 radical (unpaired) electrons. The van der Waals surface area contributed by atoms with Gasteiger partial charge in [0.15, 0.2) is 0 Å². The summed E-state index contributed by atoms with van der Waals surface area (Å²) < 4.78 is 0. The van der Waals surface area contributed by atoms with Crippen molar-refractivity contribution in [3.8, 4) is 0 Å². The van der Waals surface area contributed by atoms with E-state index in [-0.39, 0.29) is 11.8 Å². The molecule has 1 aliphatic rings. The van der Waals surface area contributed by atoms with E-state index in [1.165, 1.54) is 10.5 Å². The number of rotatable bonds is 4. The maximum absolute atomic E-state index is 10.7. The fourth-order valence-corrected chi connectivity index (χ4v) is 2.48. The Morgan fingerprint density at radius 1 is 1.47 bits per heavy atom. The van der Waals surface area contributed by atoms with Gasteiger partial charge >= 0.3 is 5.97 Å². The third kappa shape index (κ3) is 2.34. The minimum absolute atomic E-state index is 0.144. The lowest BCUT2D eigenvalue weighted by molar-refractivity contribution is -0.138. The number of carboxylic acids is 1. The maximum atomic E-state index is 10.7. The first-order valence-corrected chi connectivity index (χ1v) is 6.16. The van der Waals surface area contributed by atoms with Gasteiger partial charge in [-0.05, 0) is 35.8 Å². The zero-order valence-corrected chi connectivity index (χ0v) is 9.46. The van der Waals surface area contributed by atoms with Crippen LogP contribution in [0.2, 0.25) is 0 Å². The molecule has 0 bridgehead atoms. The Hall–Kier alpha value is -0.960. The van der Waals surface area contributed by atoms with Gasteiger partial charge in [-0.25, -0.2) is 0 Å². The molecule has 2 atom stereocenters. The Kier molecular flexibility index (Phi) is 3.00. The average Bonchev–Trinajstić information content (AvgIpc) is 2.99. The molecular weight excluding hydrogens is 208 g/mol. The van der Waals surface area contributed by atoms with Crippen LogP contribution in [-0.2, 0) is 4.79 Å². The predicted molar refractivity (Wildman–Crippen MR) is 61.3 cm³/mol. The second kappa shape index (κ2) is 4.27. The molecule has 2 unspecified atom stereocenters. The summed E-state index contributed by atoms with van der Waals surface area (Å²) in [7, 11) is 0. The highest BCUT2D eigenvalue weighted by Gasteiger charge is 2.43. The molecule has 1 aromatic rings. The van der Waals surface area contributed by atoms with Crippen LogP contribution in [0.3, 0.4) is 0 Å². The van der Waals surface area contributed by atoms with Gasteiger partial charge < -0.3 is 5.11 Å². The molecular formula is C12H14O2S. The summed E-state index contributed by atoms with van der Waals surface area (Å²) in [5.74, 6) is 0.519. The van der Waals surface area contributed by atoms with E-state index in [4.69, 9.17) is 5.11 Å². The summed E-state index contributed by atoms with van der Waals surface area (Å²) >= 11 is 1.81. The van der Waals surface area contributed by atoms with Gasteiger partial charge in [0.05, 0.1) is 5.92 Å². The fourth-order valence-electron chi connectivity index (χ4n) is 1.81. The van der Waals surface area contributed by atoms with Gasteiger partial charge in [0, 0.05) is 4.90 Å². The molecule has 2 nitrogen and oxygen atoms in total. The van der Waals surface area contributed by atoms with Gasteiger partial charge in [0.25, 0.3) is 0 Å². The van der Waals surface area contributed by atoms with Crippen LogP contribution in [0.5, 0.6) is 0 Å². The Morgan fingerprint density at radius 2 is 2.13 bits per heavy atom. The summed E-state index contributed by atoms with van der Waals surface area (Å²) in [6, 6.07) is 8.29. The molecule has 15 heavy (non-hydrogen) atoms. The van der Waals surface area contributed by atoms with Crippen LogP contribution in [0.15, 0.2) is 29.2 Å². The first-order valence-electron chi connectivity index (χ1n) is 5.18. The lowest BCUT2D eigenvalue weighted by Crippen LogP contribution is -1.98. The second-order valence-electron chi connectivity index (χ2n) is 3.79. The fraction of sp³-hybridized carbons (Fsp3) is 0.417. The molecule has 0 amide bonds. The van der Waals surface area contributed by atoms with E-state index in [0.29, 0.717) is 0 Å². The lowest BCUT2D eigenvalue weighted by atomic mass is 10.1. The molecule has 3 heteroatoms. The molecule has 1 aromatic carbocycles. The van der Waals surface area contributed by atoms with Crippen LogP contribution in [0.25, 0.3) is 0 Å². The number of hydrogen-bond acceptors (Lipinski definition) is 2. The maximum Gasteiger partial charge on any atom is 0.307 e. The van der Waals surface area contributed by atoms with Crippen molar-refractivity contribution in [1.29, 1.82) is 0 Å². The second-order valence-corrected chi connectivity index (χ2v) is 5.13. The Morgan fingerprint density at radius 3 is 2.60 bits per heavy atom. The van der Waals surface area contributed by atoms with E-state index in [0.717, 1.165) is 12.2 Å². The van der Waals surface area contributed by atoms with Crippen LogP contribution in [-0.4, -0.2) is 16.8 Å². The normalized spacial score (nSPS) is 23.8. The number of benzene rings is 1. The van der Waals surface area contributed by atoms with Crippen molar-refractivity contribution in [1.82, 2.24) is 0 Å². The van der Waals surface area contributed by atoms with Crippen LogP contribution < -0.4 is 0 Å². The Balaban J connectivity index is 2.03. The van der Waals surface area contributed by atoms with Crippen LogP contribution in [0.1, 0.15) is 24.8 Å². The van der Waals surface area contributed by atoms with Gasteiger partial charge in [0.1, 0.15) is 0 Å². The summed E-state index contributed by atoms with van der Waals surface area (Å²) in [6.45, 7) is 2.12. The molecule has 0 aliphatic heterocycles. The molecule has 1 fully saturated rings. The van der Waals surface area contributed by atoms with E-state index in [9.17, 15) is 4.79 Å². The minimum Gasteiger partial charge on any atom is -0.481 e. The zero-order valence-electron chi connectivity index (χ0n) is 8.64. The minimum atomic E-state index is -0.660. The Labute approximate surface area is 93.7 Å². The Bertz CT molecular complexity index is 358. The molecule has 0 spiro atoms. The van der Waals surface area contributed by atoms with Crippen molar-refractivity contribution < 1.29 is 9.90 Å². The van der Waals surface area contributed by atoms with Crippen molar-refractivity contribution >= 4 is 17.7 Å². The van der Waals surface area contributed by atoms with Gasteiger partial charge in [-0.2, -0.15) is 0 Å². The molecule has 0 saturated heterocycles. The van der Waals surface area contributed by atoms with Crippen LogP contribution >= 0.6 is 11.8 Å². The SMILES string of the molecule is CCSc1ccc(C2CC2C(=O)O)cc1. The van der Waals surface area contributed by atoms with Crippen molar-refractivity contribution in [2.24, 2.45) is 5.92 Å². The highest BCUT2D eigenvalue weighted by atomic mass is 32.2. The average molecular weight is 222 g/mol. The molecule has 0 aromatic heterocycles. The van der Waals surface area contributed by atoms with Crippen molar-refractivity contribution in [3.05, 3.63) is 29.8 Å². The van der Waals surface area contributed by atoms with Gasteiger partial charge in [-0.1, -0.05) is 19.1 Å². The standard InChI is InChI=1S/C12H14O2S/c1-2-15-9-5-3-8(4-6-9)10-7-11(10)12(13)14/h3-6,10-11H,2,7H2,1H3,(H,13,14). The monoisotopic (exact) mass is 222 g/mol. The van der Waals surface area contributed by atoms with E-state index in [2.05, 4.69) is 31.2 Å². The molecule has 1 saturated carbocycles. The quantitative estimate of drug-likeness (QED) is 0.796. The third-order valence-corrected chi connectivity index (χ3v) is 3.62. The number of aliphatic carboxylic acids is 1. The van der Waals surface area contributed by atoms with Crippen molar-refractivity contribution in [3.63, 3.8) is 0 Å². The van der Waals surface area contributed by atoms with Crippen molar-refractivity contribution in [2.75, 3.05) is 5.75 Å². The van der Waals surface area contributed by atoms with E-state index in [1.54, 1.807) is 11.8 Å². The summed E-state index contributed by atoms with van der Waals surface area (Å²) in [6.07, 6.45) is 0.801. The molecule has 1 aliphatic carbocycles. The van der Waals surface area contributed by atoms with Crippen LogP contribution in [0.4, 0.5) is 0 Å². The topological polar surface area (TPSA) is 37.3 Å². The van der Waals surface area contributed by atoms with Crippen molar-refractivity contribution in [2.45, 2.75) is 24.2 Å². The first-order chi connectivity index (χ1) is 7.22. The van der Waals surface area contributed by atoms with E-state index >= 15 is 0 Å².